The molecule has 1 amide bonds. The molecule has 1 heterocycles. The number of hydrogen-bond acceptors (Lipinski definition) is 4. The number of benzene rings is 2. The molecule has 0 aromatic heterocycles. The summed E-state index contributed by atoms with van der Waals surface area (Å²) in [5.74, 6) is -2.60. The van der Waals surface area contributed by atoms with Crippen molar-refractivity contribution in [3.05, 3.63) is 63.7 Å². The van der Waals surface area contributed by atoms with E-state index in [1.54, 1.807) is 0 Å². The van der Waals surface area contributed by atoms with E-state index >= 15 is 0 Å². The van der Waals surface area contributed by atoms with E-state index in [0.29, 0.717) is 13.0 Å². The maximum atomic E-state index is 14.2. The molecule has 2 N–H and O–H groups in total. The maximum absolute atomic E-state index is 14.2. The van der Waals surface area contributed by atoms with E-state index in [1.807, 2.05) is 13.8 Å². The van der Waals surface area contributed by atoms with Crippen LogP contribution in [-0.4, -0.2) is 31.0 Å². The first-order chi connectivity index (χ1) is 13.6. The Labute approximate surface area is 172 Å². The lowest BCUT2D eigenvalue weighted by Crippen LogP contribution is -2.22. The summed E-state index contributed by atoms with van der Waals surface area (Å²) in [6, 6.07) is 6.40. The minimum atomic E-state index is -0.786. The minimum Gasteiger partial charge on any atom is -0.493 e. The molecule has 156 valence electrons. The Balaban J connectivity index is 1.79. The number of primary amides is 1. The summed E-state index contributed by atoms with van der Waals surface area (Å²) in [7, 11) is 0. The van der Waals surface area contributed by atoms with Crippen LogP contribution in [0.4, 0.5) is 8.78 Å². The molecule has 0 bridgehead atoms. The van der Waals surface area contributed by atoms with Crippen molar-refractivity contribution in [2.45, 2.75) is 38.6 Å². The summed E-state index contributed by atoms with van der Waals surface area (Å²) in [6.45, 7) is 4.22. The van der Waals surface area contributed by atoms with Gasteiger partial charge in [0.25, 0.3) is 5.91 Å². The average Bonchev–Trinajstić information content (AvgIpc) is 2.95. The number of nitrogens with two attached hydrogens (primary N) is 1. The molecule has 0 radical (unpaired) electrons. The van der Waals surface area contributed by atoms with Gasteiger partial charge in [0.1, 0.15) is 17.4 Å². The molecule has 0 unspecified atom stereocenters. The normalized spacial score (nSPS) is 18.0. The number of amides is 1. The first-order valence-electron chi connectivity index (χ1n) is 9.15. The second kappa shape index (κ2) is 8.65. The Morgan fingerprint density at radius 1 is 1.28 bits per heavy atom. The van der Waals surface area contributed by atoms with Crippen molar-refractivity contribution in [1.82, 2.24) is 0 Å². The van der Waals surface area contributed by atoms with Crippen LogP contribution in [0.15, 0.2) is 30.3 Å². The van der Waals surface area contributed by atoms with Crippen molar-refractivity contribution in [1.29, 1.82) is 0 Å². The van der Waals surface area contributed by atoms with Crippen LogP contribution in [0.1, 0.15) is 41.8 Å². The Hall–Kier alpha value is -2.22. The predicted octanol–water partition coefficient (Wildman–Crippen LogP) is 4.23. The van der Waals surface area contributed by atoms with Crippen molar-refractivity contribution in [3.63, 3.8) is 0 Å². The molecule has 0 spiro atoms. The fourth-order valence-electron chi connectivity index (χ4n) is 3.24. The minimum absolute atomic E-state index is 0.0139. The number of ether oxygens (including phenoxy) is 3. The third-order valence-corrected chi connectivity index (χ3v) is 4.79. The number of halogens is 3. The summed E-state index contributed by atoms with van der Waals surface area (Å²) in [4.78, 5) is 12.0. The van der Waals surface area contributed by atoms with Gasteiger partial charge < -0.3 is 19.9 Å². The van der Waals surface area contributed by atoms with E-state index in [2.05, 4.69) is 0 Å². The Kier molecular flexibility index (Phi) is 6.41. The number of carbonyl (C=O) groups excluding carboxylic acids is 1. The van der Waals surface area contributed by atoms with Gasteiger partial charge in [-0.2, -0.15) is 0 Å². The smallest absolute Gasteiger partial charge is 0.252 e. The fraction of sp³-hybridized carbons (Fsp3) is 0.381. The molecule has 29 heavy (non-hydrogen) atoms. The van der Waals surface area contributed by atoms with Crippen LogP contribution in [0.25, 0.3) is 0 Å². The molecule has 0 saturated carbocycles. The van der Waals surface area contributed by atoms with Gasteiger partial charge >= 0.3 is 0 Å². The molecule has 1 aliphatic rings. The van der Waals surface area contributed by atoms with Gasteiger partial charge in [-0.25, -0.2) is 8.78 Å². The molecule has 8 heteroatoms. The van der Waals surface area contributed by atoms with E-state index in [1.165, 1.54) is 12.1 Å². The van der Waals surface area contributed by atoms with Crippen molar-refractivity contribution in [2.24, 2.45) is 5.73 Å². The summed E-state index contributed by atoms with van der Waals surface area (Å²) in [6.07, 6.45) is 0.279. The molecule has 1 fully saturated rings. The van der Waals surface area contributed by atoms with E-state index in [-0.39, 0.29) is 46.6 Å². The molecule has 5 nitrogen and oxygen atoms in total. The summed E-state index contributed by atoms with van der Waals surface area (Å²) in [5, 5.41) is 0.242. The zero-order valence-corrected chi connectivity index (χ0v) is 16.9. The highest BCUT2D eigenvalue weighted by Crippen LogP contribution is 2.29. The monoisotopic (exact) mass is 425 g/mol. The first kappa shape index (κ1) is 21.5. The molecule has 1 saturated heterocycles. The maximum Gasteiger partial charge on any atom is 0.252 e. The largest absolute Gasteiger partial charge is 0.493 e. The molecule has 3 rings (SSSR count). The van der Waals surface area contributed by atoms with E-state index in [4.69, 9.17) is 31.5 Å². The van der Waals surface area contributed by atoms with Gasteiger partial charge in [0.05, 0.1) is 24.9 Å². The van der Waals surface area contributed by atoms with Crippen LogP contribution in [0.5, 0.6) is 5.75 Å². The number of carbonyl (C=O) groups is 1. The van der Waals surface area contributed by atoms with Gasteiger partial charge in [-0.05, 0) is 43.2 Å². The third kappa shape index (κ3) is 5.44. The zero-order valence-electron chi connectivity index (χ0n) is 16.1. The summed E-state index contributed by atoms with van der Waals surface area (Å²) >= 11 is 5.77. The van der Waals surface area contributed by atoms with Crippen molar-refractivity contribution in [2.75, 3.05) is 13.2 Å². The van der Waals surface area contributed by atoms with Gasteiger partial charge in [-0.15, -0.1) is 0 Å². The standard InChI is InChI=1S/C21H22ClF2NO4/c1-21(2)28-11-16(29-21)5-6-27-18-10-15(23)8-13(19(18)20(25)26)7-12-3-4-14(22)9-17(12)24/h3-4,8-10,16H,5-7,11H2,1-2H3,(H2,25,26)/t16-/m1/s1. The van der Waals surface area contributed by atoms with E-state index < -0.39 is 23.3 Å². The van der Waals surface area contributed by atoms with Crippen LogP contribution in [0.3, 0.4) is 0 Å². The highest BCUT2D eigenvalue weighted by atomic mass is 35.5. The summed E-state index contributed by atoms with van der Waals surface area (Å²) in [5.41, 5.74) is 6.02. The quantitative estimate of drug-likeness (QED) is 0.720. The highest BCUT2D eigenvalue weighted by Gasteiger charge is 2.32. The first-order valence-corrected chi connectivity index (χ1v) is 9.53. The predicted molar refractivity (Wildman–Crippen MR) is 104 cm³/mol. The Morgan fingerprint density at radius 3 is 2.66 bits per heavy atom. The molecule has 1 aliphatic heterocycles. The third-order valence-electron chi connectivity index (χ3n) is 4.56. The van der Waals surface area contributed by atoms with Gasteiger partial charge in [-0.3, -0.25) is 4.79 Å². The van der Waals surface area contributed by atoms with Crippen LogP contribution in [0.2, 0.25) is 5.02 Å². The van der Waals surface area contributed by atoms with Gasteiger partial charge in [0.15, 0.2) is 5.79 Å². The SMILES string of the molecule is CC1(C)OC[C@@H](CCOc2cc(F)cc(Cc3ccc(Cl)cc3F)c2C(N)=O)O1. The van der Waals surface area contributed by atoms with Crippen molar-refractivity contribution < 1.29 is 27.8 Å². The van der Waals surface area contributed by atoms with Crippen LogP contribution in [0, 0.1) is 11.6 Å². The second-order valence-corrected chi connectivity index (χ2v) is 7.74. The van der Waals surface area contributed by atoms with Gasteiger partial charge in [0.2, 0.25) is 0 Å². The van der Waals surface area contributed by atoms with Crippen LogP contribution >= 0.6 is 11.6 Å². The van der Waals surface area contributed by atoms with Crippen LogP contribution in [-0.2, 0) is 15.9 Å². The van der Waals surface area contributed by atoms with Crippen LogP contribution < -0.4 is 10.5 Å². The van der Waals surface area contributed by atoms with Crippen molar-refractivity contribution >= 4 is 17.5 Å². The fourth-order valence-corrected chi connectivity index (χ4v) is 3.40. The van der Waals surface area contributed by atoms with Gasteiger partial charge in [-0.1, -0.05) is 17.7 Å². The lowest BCUT2D eigenvalue weighted by molar-refractivity contribution is -0.139. The lowest BCUT2D eigenvalue weighted by atomic mass is 9.98. The zero-order chi connectivity index (χ0) is 21.2. The Bertz CT molecular complexity index is 920. The molecular weight excluding hydrogens is 404 g/mol. The van der Waals surface area contributed by atoms with Gasteiger partial charge in [0, 0.05) is 23.9 Å². The average molecular weight is 426 g/mol. The highest BCUT2D eigenvalue weighted by molar-refractivity contribution is 6.30. The van der Waals surface area contributed by atoms with E-state index in [0.717, 1.165) is 18.2 Å². The molecule has 1 atom stereocenters. The second-order valence-electron chi connectivity index (χ2n) is 7.30. The van der Waals surface area contributed by atoms with E-state index in [9.17, 15) is 13.6 Å². The molecule has 2 aromatic carbocycles. The number of rotatable bonds is 7. The number of hydrogen-bond donors (Lipinski definition) is 1. The Morgan fingerprint density at radius 2 is 2.03 bits per heavy atom. The molecular formula is C21H22ClF2NO4. The molecule has 0 aliphatic carbocycles. The molecule has 2 aromatic rings. The topological polar surface area (TPSA) is 70.8 Å². The van der Waals surface area contributed by atoms with Crippen molar-refractivity contribution in [3.8, 4) is 5.75 Å². The lowest BCUT2D eigenvalue weighted by Gasteiger charge is -2.18. The summed E-state index contributed by atoms with van der Waals surface area (Å²) < 4.78 is 45.2.